The summed E-state index contributed by atoms with van der Waals surface area (Å²) >= 11 is 0. The number of nitrogens with one attached hydrogen (secondary N) is 1. The monoisotopic (exact) mass is 398 g/mol. The molecule has 0 aliphatic carbocycles. The molecule has 0 spiro atoms. The molecule has 1 aromatic heterocycles. The molecule has 29 heavy (non-hydrogen) atoms. The van der Waals surface area contributed by atoms with Crippen LogP contribution in [0.15, 0.2) is 42.6 Å². The highest BCUT2D eigenvalue weighted by Gasteiger charge is 2.20. The van der Waals surface area contributed by atoms with Crippen molar-refractivity contribution in [3.8, 4) is 17.2 Å². The standard InChI is InChI=1S/C20H19FN4O4/c1-11-15(10-23-25(11)13-6-4-12(21)5-7-13)20(27)24-16-9-18(29-3)17(28-2)8-14(16)19(22)26/h4-10H,1-3H3,(H2,22,26)(H,24,27). The Labute approximate surface area is 166 Å². The second-order valence-electron chi connectivity index (χ2n) is 6.10. The number of ether oxygens (including phenoxy) is 2. The Morgan fingerprint density at radius 2 is 1.69 bits per heavy atom. The normalized spacial score (nSPS) is 10.5. The van der Waals surface area contributed by atoms with Gasteiger partial charge in [0, 0.05) is 6.07 Å². The number of halogens is 1. The first-order valence-electron chi connectivity index (χ1n) is 8.53. The van der Waals surface area contributed by atoms with E-state index in [1.54, 1.807) is 19.1 Å². The average molecular weight is 398 g/mol. The SMILES string of the molecule is COc1cc(NC(=O)c2cnn(-c3ccc(F)cc3)c2C)c(C(N)=O)cc1OC. The van der Waals surface area contributed by atoms with E-state index in [1.807, 2.05) is 0 Å². The van der Waals surface area contributed by atoms with Crippen molar-refractivity contribution < 1.29 is 23.5 Å². The van der Waals surface area contributed by atoms with Crippen molar-refractivity contribution in [3.05, 3.63) is 65.2 Å². The number of anilines is 1. The van der Waals surface area contributed by atoms with Gasteiger partial charge in [-0.25, -0.2) is 9.07 Å². The van der Waals surface area contributed by atoms with Gasteiger partial charge in [0.2, 0.25) is 0 Å². The summed E-state index contributed by atoms with van der Waals surface area (Å²) in [6.07, 6.45) is 1.39. The summed E-state index contributed by atoms with van der Waals surface area (Å²) in [4.78, 5) is 24.6. The molecule has 0 fully saturated rings. The number of rotatable bonds is 6. The molecule has 2 amide bonds. The second-order valence-corrected chi connectivity index (χ2v) is 6.10. The van der Waals surface area contributed by atoms with Crippen molar-refractivity contribution in [1.82, 2.24) is 9.78 Å². The van der Waals surface area contributed by atoms with Crippen molar-refractivity contribution >= 4 is 17.5 Å². The van der Waals surface area contributed by atoms with Crippen LogP contribution in [0.1, 0.15) is 26.4 Å². The summed E-state index contributed by atoms with van der Waals surface area (Å²) in [6, 6.07) is 8.56. The molecular formula is C20H19FN4O4. The largest absolute Gasteiger partial charge is 0.493 e. The molecule has 3 aromatic rings. The van der Waals surface area contributed by atoms with Gasteiger partial charge in [0.15, 0.2) is 11.5 Å². The first-order chi connectivity index (χ1) is 13.8. The fourth-order valence-corrected chi connectivity index (χ4v) is 2.85. The van der Waals surface area contributed by atoms with Crippen LogP contribution in [0.5, 0.6) is 11.5 Å². The predicted octanol–water partition coefficient (Wildman–Crippen LogP) is 2.69. The number of carbonyl (C=O) groups excluding carboxylic acids is 2. The Kier molecular flexibility index (Phi) is 5.49. The fourth-order valence-electron chi connectivity index (χ4n) is 2.85. The maximum Gasteiger partial charge on any atom is 0.259 e. The third-order valence-electron chi connectivity index (χ3n) is 4.36. The Bertz CT molecular complexity index is 1080. The lowest BCUT2D eigenvalue weighted by molar-refractivity contribution is 0.100. The van der Waals surface area contributed by atoms with Crippen molar-refractivity contribution in [2.75, 3.05) is 19.5 Å². The lowest BCUT2D eigenvalue weighted by atomic mass is 10.1. The number of hydrogen-bond acceptors (Lipinski definition) is 5. The minimum atomic E-state index is -0.736. The van der Waals surface area contributed by atoms with Gasteiger partial charge in [0.25, 0.3) is 11.8 Å². The van der Waals surface area contributed by atoms with Crippen LogP contribution in [0.2, 0.25) is 0 Å². The Hall–Kier alpha value is -3.88. The summed E-state index contributed by atoms with van der Waals surface area (Å²) in [5.41, 5.74) is 7.09. The highest BCUT2D eigenvalue weighted by Crippen LogP contribution is 2.33. The molecule has 0 unspecified atom stereocenters. The van der Waals surface area contributed by atoms with E-state index < -0.39 is 11.8 Å². The van der Waals surface area contributed by atoms with Crippen LogP contribution >= 0.6 is 0 Å². The van der Waals surface area contributed by atoms with E-state index in [0.29, 0.717) is 22.9 Å². The molecular weight excluding hydrogens is 379 g/mol. The van der Waals surface area contributed by atoms with Gasteiger partial charge in [-0.15, -0.1) is 0 Å². The van der Waals surface area contributed by atoms with Crippen LogP contribution in [0, 0.1) is 12.7 Å². The number of primary amides is 1. The van der Waals surface area contributed by atoms with Gasteiger partial charge in [-0.2, -0.15) is 5.10 Å². The molecule has 0 bridgehead atoms. The molecule has 1 heterocycles. The van der Waals surface area contributed by atoms with Crippen LogP contribution in [0.25, 0.3) is 5.69 Å². The topological polar surface area (TPSA) is 108 Å². The average Bonchev–Trinajstić information content (AvgIpc) is 3.09. The minimum absolute atomic E-state index is 0.0691. The summed E-state index contributed by atoms with van der Waals surface area (Å²) in [7, 11) is 2.86. The first-order valence-corrected chi connectivity index (χ1v) is 8.53. The van der Waals surface area contributed by atoms with Crippen LogP contribution in [-0.4, -0.2) is 35.8 Å². The molecule has 0 saturated heterocycles. The van der Waals surface area contributed by atoms with Crippen molar-refractivity contribution in [2.24, 2.45) is 5.73 Å². The number of nitrogens with zero attached hydrogens (tertiary/aromatic N) is 2. The Morgan fingerprint density at radius 1 is 1.07 bits per heavy atom. The summed E-state index contributed by atoms with van der Waals surface area (Å²) in [5.74, 6) is -0.972. The molecule has 2 aromatic carbocycles. The molecule has 150 valence electrons. The third kappa shape index (κ3) is 3.88. The van der Waals surface area contributed by atoms with E-state index in [0.717, 1.165) is 0 Å². The smallest absolute Gasteiger partial charge is 0.259 e. The Morgan fingerprint density at radius 3 is 2.28 bits per heavy atom. The number of nitrogens with two attached hydrogens (primary N) is 1. The summed E-state index contributed by atoms with van der Waals surface area (Å²) in [6.45, 7) is 1.70. The van der Waals surface area contributed by atoms with E-state index >= 15 is 0 Å². The van der Waals surface area contributed by atoms with Gasteiger partial charge in [-0.1, -0.05) is 0 Å². The molecule has 9 heteroatoms. The lowest BCUT2D eigenvalue weighted by Gasteiger charge is -2.14. The van der Waals surface area contributed by atoms with Gasteiger partial charge in [0.1, 0.15) is 5.82 Å². The van der Waals surface area contributed by atoms with Gasteiger partial charge in [0.05, 0.1) is 48.6 Å². The zero-order valence-corrected chi connectivity index (χ0v) is 16.0. The fraction of sp³-hybridized carbons (Fsp3) is 0.150. The van der Waals surface area contributed by atoms with Gasteiger partial charge in [-0.3, -0.25) is 9.59 Å². The number of aromatic nitrogens is 2. The van der Waals surface area contributed by atoms with Crippen molar-refractivity contribution in [2.45, 2.75) is 6.92 Å². The van der Waals surface area contributed by atoms with E-state index in [4.69, 9.17) is 15.2 Å². The lowest BCUT2D eigenvalue weighted by Crippen LogP contribution is -2.19. The summed E-state index contributed by atoms with van der Waals surface area (Å²) in [5, 5.41) is 6.85. The predicted molar refractivity (Wildman–Crippen MR) is 104 cm³/mol. The third-order valence-corrected chi connectivity index (χ3v) is 4.36. The number of amides is 2. The number of methoxy groups -OCH3 is 2. The molecule has 0 atom stereocenters. The molecule has 0 radical (unpaired) electrons. The van der Waals surface area contributed by atoms with Crippen molar-refractivity contribution in [1.29, 1.82) is 0 Å². The van der Waals surface area contributed by atoms with E-state index in [-0.39, 0.29) is 22.6 Å². The van der Waals surface area contributed by atoms with E-state index in [1.165, 1.54) is 49.4 Å². The molecule has 3 rings (SSSR count). The quantitative estimate of drug-likeness (QED) is 0.664. The molecule has 0 aliphatic heterocycles. The number of hydrogen-bond donors (Lipinski definition) is 2. The molecule has 0 aliphatic rings. The van der Waals surface area contributed by atoms with Crippen molar-refractivity contribution in [3.63, 3.8) is 0 Å². The zero-order chi connectivity index (χ0) is 21.1. The van der Waals surface area contributed by atoms with Crippen LogP contribution in [0.4, 0.5) is 10.1 Å². The van der Waals surface area contributed by atoms with Gasteiger partial charge in [-0.05, 0) is 37.3 Å². The molecule has 8 nitrogen and oxygen atoms in total. The maximum absolute atomic E-state index is 13.1. The van der Waals surface area contributed by atoms with Gasteiger partial charge < -0.3 is 20.5 Å². The first kappa shape index (κ1) is 19.9. The van der Waals surface area contributed by atoms with E-state index in [9.17, 15) is 14.0 Å². The van der Waals surface area contributed by atoms with Crippen LogP contribution < -0.4 is 20.5 Å². The molecule has 3 N–H and O–H groups in total. The Balaban J connectivity index is 1.95. The van der Waals surface area contributed by atoms with Crippen LogP contribution in [0.3, 0.4) is 0 Å². The van der Waals surface area contributed by atoms with Crippen LogP contribution in [-0.2, 0) is 0 Å². The minimum Gasteiger partial charge on any atom is -0.493 e. The highest BCUT2D eigenvalue weighted by atomic mass is 19.1. The van der Waals surface area contributed by atoms with E-state index in [2.05, 4.69) is 10.4 Å². The molecule has 0 saturated carbocycles. The summed E-state index contributed by atoms with van der Waals surface area (Å²) < 4.78 is 25.0. The second kappa shape index (κ2) is 8.01. The van der Waals surface area contributed by atoms with Gasteiger partial charge >= 0.3 is 0 Å². The highest BCUT2D eigenvalue weighted by molar-refractivity contribution is 6.09. The number of benzene rings is 2. The maximum atomic E-state index is 13.1. The number of carbonyl (C=O) groups is 2. The zero-order valence-electron chi connectivity index (χ0n) is 16.0.